The van der Waals surface area contributed by atoms with Crippen LogP contribution in [0.5, 0.6) is 5.75 Å². The number of fused-ring (bicyclic) bond motifs is 1. The van der Waals surface area contributed by atoms with Gasteiger partial charge in [0.25, 0.3) is 0 Å². The average molecular weight is 448 g/mol. The zero-order valence-corrected chi connectivity index (χ0v) is 18.7. The Balaban J connectivity index is 1.24. The molecule has 2 N–H and O–H groups in total. The number of aromatic amines is 1. The maximum absolute atomic E-state index is 9.66. The fraction of sp³-hybridized carbons (Fsp3) is 0.103. The number of nitrogens with zero attached hydrogens (tertiary/aromatic N) is 2. The molecule has 4 aromatic rings. The zero-order valence-electron chi connectivity index (χ0n) is 18.7. The largest absolute Gasteiger partial charge is 0.487 e. The van der Waals surface area contributed by atoms with Crippen molar-refractivity contribution in [2.24, 2.45) is 4.99 Å². The van der Waals surface area contributed by atoms with Gasteiger partial charge in [-0.3, -0.25) is 9.98 Å². The van der Waals surface area contributed by atoms with Crippen LogP contribution in [-0.4, -0.2) is 27.3 Å². The molecular weight excluding hydrogens is 422 g/mol. The number of nitrogens with one attached hydrogen (secondary N) is 1. The quantitative estimate of drug-likeness (QED) is 0.362. The van der Waals surface area contributed by atoms with Crippen molar-refractivity contribution in [2.75, 3.05) is 6.54 Å². The molecule has 0 radical (unpaired) electrons. The van der Waals surface area contributed by atoms with Crippen LogP contribution in [0.15, 0.2) is 102 Å². The number of rotatable bonds is 8. The lowest BCUT2D eigenvalue weighted by molar-refractivity contribution is 0.257. The van der Waals surface area contributed by atoms with Gasteiger partial charge in [0.2, 0.25) is 0 Å². The van der Waals surface area contributed by atoms with Crippen molar-refractivity contribution in [1.29, 1.82) is 0 Å². The summed E-state index contributed by atoms with van der Waals surface area (Å²) in [5.41, 5.74) is 6.98. The molecule has 34 heavy (non-hydrogen) atoms. The van der Waals surface area contributed by atoms with Crippen molar-refractivity contribution in [1.82, 2.24) is 9.97 Å². The van der Waals surface area contributed by atoms with E-state index in [4.69, 9.17) is 4.74 Å². The molecule has 2 aromatic carbocycles. The summed E-state index contributed by atoms with van der Waals surface area (Å²) in [6, 6.07) is 19.9. The molecule has 0 unspecified atom stereocenters. The molecule has 1 aliphatic rings. The Hall–Kier alpha value is -4.22. The molecular formula is C29H25N3O2. The molecule has 0 bridgehead atoms. The van der Waals surface area contributed by atoms with Gasteiger partial charge in [-0.1, -0.05) is 42.5 Å². The summed E-state index contributed by atoms with van der Waals surface area (Å²) < 4.78 is 5.93. The van der Waals surface area contributed by atoms with Gasteiger partial charge in [-0.05, 0) is 70.6 Å². The van der Waals surface area contributed by atoms with Gasteiger partial charge in [-0.25, -0.2) is 0 Å². The second kappa shape index (κ2) is 10.1. The van der Waals surface area contributed by atoms with E-state index in [1.807, 2.05) is 54.7 Å². The molecule has 0 fully saturated rings. The van der Waals surface area contributed by atoms with Crippen molar-refractivity contribution in [3.63, 3.8) is 0 Å². The van der Waals surface area contributed by atoms with Gasteiger partial charge in [0.05, 0.1) is 24.6 Å². The summed E-state index contributed by atoms with van der Waals surface area (Å²) in [6.07, 6.45) is 14.1. The molecule has 0 aliphatic carbocycles. The average Bonchev–Trinajstić information content (AvgIpc) is 3.54. The van der Waals surface area contributed by atoms with E-state index in [-0.39, 0.29) is 6.61 Å². The van der Waals surface area contributed by atoms with E-state index >= 15 is 0 Å². The minimum atomic E-state index is -0.0797. The molecule has 0 saturated carbocycles. The van der Waals surface area contributed by atoms with Crippen LogP contribution in [0.2, 0.25) is 0 Å². The minimum Gasteiger partial charge on any atom is -0.487 e. The SMILES string of the molecule is OCc1ccc(/C=C/C2=NCC(/C=C/c3ccc4[nH]ccc4c3)=C2)cc1OCc1ccccn1. The van der Waals surface area contributed by atoms with E-state index in [2.05, 4.69) is 57.5 Å². The number of pyridine rings is 1. The number of benzene rings is 2. The van der Waals surface area contributed by atoms with Crippen molar-refractivity contribution in [2.45, 2.75) is 13.2 Å². The first kappa shape index (κ1) is 21.6. The van der Waals surface area contributed by atoms with Crippen molar-refractivity contribution >= 4 is 28.8 Å². The summed E-state index contributed by atoms with van der Waals surface area (Å²) in [5.74, 6) is 0.655. The fourth-order valence-corrected chi connectivity index (χ4v) is 3.80. The normalized spacial score (nSPS) is 13.7. The monoisotopic (exact) mass is 447 g/mol. The van der Waals surface area contributed by atoms with Crippen LogP contribution < -0.4 is 4.74 Å². The molecule has 0 saturated heterocycles. The molecule has 5 rings (SSSR count). The van der Waals surface area contributed by atoms with Crippen molar-refractivity contribution in [3.05, 3.63) is 119 Å². The summed E-state index contributed by atoms with van der Waals surface area (Å²) in [7, 11) is 0. The Morgan fingerprint density at radius 1 is 0.941 bits per heavy atom. The maximum Gasteiger partial charge on any atom is 0.130 e. The molecule has 2 aromatic heterocycles. The highest BCUT2D eigenvalue weighted by molar-refractivity contribution is 6.08. The molecule has 0 amide bonds. The molecule has 3 heterocycles. The highest BCUT2D eigenvalue weighted by Crippen LogP contribution is 2.23. The highest BCUT2D eigenvalue weighted by atomic mass is 16.5. The van der Waals surface area contributed by atoms with E-state index < -0.39 is 0 Å². The van der Waals surface area contributed by atoms with Gasteiger partial charge in [-0.2, -0.15) is 0 Å². The van der Waals surface area contributed by atoms with Crippen LogP contribution in [0.4, 0.5) is 0 Å². The Kier molecular flexibility index (Phi) is 6.45. The number of ether oxygens (including phenoxy) is 1. The van der Waals surface area contributed by atoms with Gasteiger partial charge in [-0.15, -0.1) is 0 Å². The predicted octanol–water partition coefficient (Wildman–Crippen LogP) is 5.74. The van der Waals surface area contributed by atoms with E-state index in [1.165, 1.54) is 16.5 Å². The van der Waals surface area contributed by atoms with Crippen molar-refractivity contribution < 1.29 is 9.84 Å². The van der Waals surface area contributed by atoms with Gasteiger partial charge >= 0.3 is 0 Å². The van der Waals surface area contributed by atoms with Crippen LogP contribution in [0.25, 0.3) is 23.1 Å². The summed E-state index contributed by atoms with van der Waals surface area (Å²) in [5, 5.41) is 10.9. The highest BCUT2D eigenvalue weighted by Gasteiger charge is 2.06. The van der Waals surface area contributed by atoms with Crippen LogP contribution >= 0.6 is 0 Å². The van der Waals surface area contributed by atoms with Crippen LogP contribution in [0.3, 0.4) is 0 Å². The molecule has 5 heteroatoms. The molecule has 168 valence electrons. The first-order valence-electron chi connectivity index (χ1n) is 11.2. The van der Waals surface area contributed by atoms with E-state index in [1.54, 1.807) is 6.20 Å². The molecule has 1 aliphatic heterocycles. The second-order valence-corrected chi connectivity index (χ2v) is 8.09. The first-order valence-corrected chi connectivity index (χ1v) is 11.2. The van der Waals surface area contributed by atoms with E-state index in [0.717, 1.165) is 28.0 Å². The summed E-state index contributed by atoms with van der Waals surface area (Å²) in [6.45, 7) is 0.942. The smallest absolute Gasteiger partial charge is 0.130 e. The van der Waals surface area contributed by atoms with Gasteiger partial charge in [0.1, 0.15) is 12.4 Å². The zero-order chi connectivity index (χ0) is 23.2. The Labute approximate surface area is 198 Å². The Bertz CT molecular complexity index is 1410. The van der Waals surface area contributed by atoms with Gasteiger partial charge < -0.3 is 14.8 Å². The van der Waals surface area contributed by atoms with E-state index in [0.29, 0.717) is 18.9 Å². The van der Waals surface area contributed by atoms with Crippen LogP contribution in [0.1, 0.15) is 22.4 Å². The van der Waals surface area contributed by atoms with Crippen LogP contribution in [0, 0.1) is 0 Å². The first-order chi connectivity index (χ1) is 16.8. The Morgan fingerprint density at radius 3 is 2.71 bits per heavy atom. The number of aliphatic hydroxyl groups excluding tert-OH is 1. The second-order valence-electron chi connectivity index (χ2n) is 8.09. The molecule has 0 atom stereocenters. The number of hydrogen-bond acceptors (Lipinski definition) is 4. The third-order valence-electron chi connectivity index (χ3n) is 5.65. The standard InChI is InChI=1S/C29H25N3O2/c33-19-25-9-6-22(17-29(25)34-20-27-3-1-2-13-30-27)7-10-26-16-23(18-32-26)5-4-21-8-11-28-24(15-21)12-14-31-28/h1-17,31,33H,18-20H2/b5-4+,10-7+. The number of H-pyrrole nitrogens is 1. The van der Waals surface area contributed by atoms with E-state index in [9.17, 15) is 5.11 Å². The van der Waals surface area contributed by atoms with Crippen LogP contribution in [-0.2, 0) is 13.2 Å². The molecule has 0 spiro atoms. The topological polar surface area (TPSA) is 70.5 Å². The lowest BCUT2D eigenvalue weighted by atomic mass is 10.1. The third kappa shape index (κ3) is 5.22. The lowest BCUT2D eigenvalue weighted by Crippen LogP contribution is -2.00. The number of aliphatic hydroxyl groups is 1. The van der Waals surface area contributed by atoms with Gasteiger partial charge in [0, 0.05) is 23.5 Å². The Morgan fingerprint density at radius 2 is 1.82 bits per heavy atom. The predicted molar refractivity (Wildman–Crippen MR) is 138 cm³/mol. The summed E-state index contributed by atoms with van der Waals surface area (Å²) >= 11 is 0. The molecule has 5 nitrogen and oxygen atoms in total. The van der Waals surface area contributed by atoms with Gasteiger partial charge in [0.15, 0.2) is 0 Å². The third-order valence-corrected chi connectivity index (χ3v) is 5.65. The fourth-order valence-electron chi connectivity index (χ4n) is 3.80. The number of hydrogen-bond donors (Lipinski definition) is 2. The number of aromatic nitrogens is 2. The lowest BCUT2D eigenvalue weighted by Gasteiger charge is -2.10. The maximum atomic E-state index is 9.66. The minimum absolute atomic E-state index is 0.0797. The number of aliphatic imine (C=N–C) groups is 1. The van der Waals surface area contributed by atoms with Crippen molar-refractivity contribution in [3.8, 4) is 5.75 Å². The summed E-state index contributed by atoms with van der Waals surface area (Å²) in [4.78, 5) is 12.1. The number of allylic oxidation sites excluding steroid dienone is 2.